The fourth-order valence-electron chi connectivity index (χ4n) is 0.922. The minimum absolute atomic E-state index is 0.0254. The van der Waals surface area contributed by atoms with Crippen molar-refractivity contribution in [3.05, 3.63) is 21.8 Å². The molecule has 0 saturated carbocycles. The van der Waals surface area contributed by atoms with Gasteiger partial charge in [-0.05, 0) is 6.07 Å². The van der Waals surface area contributed by atoms with Crippen LogP contribution in [0.1, 0.15) is 5.69 Å². The number of anilines is 1. The van der Waals surface area contributed by atoms with Gasteiger partial charge in [0.1, 0.15) is 18.6 Å². The van der Waals surface area contributed by atoms with Crippen molar-refractivity contribution in [2.24, 2.45) is 5.16 Å². The first kappa shape index (κ1) is 12.5. The normalized spacial score (nSPS) is 11.3. The van der Waals surface area contributed by atoms with Crippen molar-refractivity contribution in [1.29, 1.82) is 0 Å². The number of aromatic nitrogens is 1. The largest absolute Gasteiger partial charge is 0.476 e. The number of nitrogens with two attached hydrogens (primary N) is 1. The van der Waals surface area contributed by atoms with Crippen LogP contribution in [-0.4, -0.2) is 28.9 Å². The Bertz CT molecular complexity index is 462. The van der Waals surface area contributed by atoms with E-state index in [1.54, 1.807) is 0 Å². The van der Waals surface area contributed by atoms with Gasteiger partial charge in [-0.3, -0.25) is 0 Å². The van der Waals surface area contributed by atoms with Gasteiger partial charge in [0.05, 0.1) is 10.0 Å². The molecule has 0 aliphatic carbocycles. The highest BCUT2D eigenvalue weighted by atomic mass is 35.5. The third-order valence-electron chi connectivity index (χ3n) is 1.57. The SMILES string of the molecule is CON=C(C(=O)O)c1nc(N)c(Cl)cc1Cl. The van der Waals surface area contributed by atoms with Gasteiger partial charge in [-0.2, -0.15) is 0 Å². The molecular formula is C8H7Cl2N3O3. The molecule has 16 heavy (non-hydrogen) atoms. The van der Waals surface area contributed by atoms with Gasteiger partial charge in [0, 0.05) is 0 Å². The van der Waals surface area contributed by atoms with E-state index in [0.717, 1.165) is 0 Å². The lowest BCUT2D eigenvalue weighted by molar-refractivity contribution is -0.129. The van der Waals surface area contributed by atoms with E-state index < -0.39 is 11.7 Å². The maximum Gasteiger partial charge on any atom is 0.360 e. The average molecular weight is 264 g/mol. The topological polar surface area (TPSA) is 97.8 Å². The predicted octanol–water partition coefficient (Wildman–Crippen LogP) is 1.41. The summed E-state index contributed by atoms with van der Waals surface area (Å²) in [7, 11) is 1.20. The molecule has 1 heterocycles. The molecule has 6 nitrogen and oxygen atoms in total. The lowest BCUT2D eigenvalue weighted by atomic mass is 10.2. The summed E-state index contributed by atoms with van der Waals surface area (Å²) in [4.78, 5) is 19.0. The van der Waals surface area contributed by atoms with Gasteiger partial charge < -0.3 is 15.7 Å². The molecule has 0 unspecified atom stereocenters. The number of halogens is 2. The van der Waals surface area contributed by atoms with Crippen molar-refractivity contribution >= 4 is 40.7 Å². The summed E-state index contributed by atoms with van der Waals surface area (Å²) >= 11 is 11.4. The molecule has 86 valence electrons. The molecule has 0 spiro atoms. The van der Waals surface area contributed by atoms with Crippen LogP contribution in [0.5, 0.6) is 0 Å². The van der Waals surface area contributed by atoms with Crippen molar-refractivity contribution in [3.8, 4) is 0 Å². The van der Waals surface area contributed by atoms with Gasteiger partial charge in [-0.1, -0.05) is 28.4 Å². The number of aliphatic carboxylic acids is 1. The summed E-state index contributed by atoms with van der Waals surface area (Å²) in [5.74, 6) is -1.37. The highest BCUT2D eigenvalue weighted by Crippen LogP contribution is 2.24. The van der Waals surface area contributed by atoms with Crippen molar-refractivity contribution < 1.29 is 14.7 Å². The van der Waals surface area contributed by atoms with E-state index >= 15 is 0 Å². The van der Waals surface area contributed by atoms with Crippen molar-refractivity contribution in [2.45, 2.75) is 0 Å². The Hall–Kier alpha value is -1.53. The van der Waals surface area contributed by atoms with Crippen LogP contribution in [0.2, 0.25) is 10.0 Å². The lowest BCUT2D eigenvalue weighted by Gasteiger charge is -2.05. The zero-order valence-electron chi connectivity index (χ0n) is 8.07. The first-order chi connectivity index (χ1) is 7.47. The monoisotopic (exact) mass is 263 g/mol. The molecule has 0 radical (unpaired) electrons. The van der Waals surface area contributed by atoms with Gasteiger partial charge in [0.25, 0.3) is 0 Å². The third-order valence-corrected chi connectivity index (χ3v) is 2.16. The minimum Gasteiger partial charge on any atom is -0.476 e. The number of carboxylic acids is 1. The zero-order chi connectivity index (χ0) is 12.3. The summed E-state index contributed by atoms with van der Waals surface area (Å²) < 4.78 is 0. The maximum absolute atomic E-state index is 10.9. The second kappa shape index (κ2) is 5.00. The highest BCUT2D eigenvalue weighted by Gasteiger charge is 2.20. The molecule has 1 aromatic rings. The van der Waals surface area contributed by atoms with Crippen LogP contribution >= 0.6 is 23.2 Å². The molecule has 0 aromatic carbocycles. The van der Waals surface area contributed by atoms with Crippen molar-refractivity contribution in [2.75, 3.05) is 12.8 Å². The second-order valence-corrected chi connectivity index (χ2v) is 3.43. The standard InChI is InChI=1S/C8H7Cl2N3O3/c1-16-13-6(8(14)15)5-3(9)2-4(10)7(11)12-5/h2H,1H3,(H2,11,12)(H,14,15). The third kappa shape index (κ3) is 2.53. The number of pyridine rings is 1. The molecule has 0 fully saturated rings. The van der Waals surface area contributed by atoms with Crippen LogP contribution in [0.25, 0.3) is 0 Å². The smallest absolute Gasteiger partial charge is 0.360 e. The summed E-state index contributed by atoms with van der Waals surface area (Å²) in [5.41, 5.74) is 4.89. The number of carboxylic acid groups (broad SMARTS) is 1. The van der Waals surface area contributed by atoms with Crippen LogP contribution in [0.15, 0.2) is 11.2 Å². The summed E-state index contributed by atoms with van der Waals surface area (Å²) in [6.45, 7) is 0. The van der Waals surface area contributed by atoms with E-state index in [4.69, 9.17) is 34.0 Å². The van der Waals surface area contributed by atoms with E-state index in [-0.39, 0.29) is 21.6 Å². The molecule has 0 aliphatic heterocycles. The van der Waals surface area contributed by atoms with Gasteiger partial charge in [0.15, 0.2) is 0 Å². The van der Waals surface area contributed by atoms with Gasteiger partial charge in [0.2, 0.25) is 5.71 Å². The Balaban J connectivity index is 3.36. The summed E-state index contributed by atoms with van der Waals surface area (Å²) in [5, 5.41) is 12.3. The molecule has 1 aromatic heterocycles. The van der Waals surface area contributed by atoms with Gasteiger partial charge in [-0.25, -0.2) is 9.78 Å². The van der Waals surface area contributed by atoms with Crippen LogP contribution in [-0.2, 0) is 9.63 Å². The highest BCUT2D eigenvalue weighted by molar-refractivity contribution is 6.47. The molecule has 0 amide bonds. The Labute approximate surface area is 101 Å². The van der Waals surface area contributed by atoms with E-state index in [0.29, 0.717) is 0 Å². The van der Waals surface area contributed by atoms with Crippen LogP contribution in [0, 0.1) is 0 Å². The molecule has 0 bridgehead atoms. The first-order valence-electron chi connectivity index (χ1n) is 3.93. The number of oxime groups is 1. The molecule has 0 saturated heterocycles. The average Bonchev–Trinajstić information content (AvgIpc) is 2.20. The van der Waals surface area contributed by atoms with E-state index in [1.165, 1.54) is 13.2 Å². The Kier molecular flexibility index (Phi) is 3.92. The zero-order valence-corrected chi connectivity index (χ0v) is 9.58. The number of nitrogens with zero attached hydrogens (tertiary/aromatic N) is 2. The molecule has 8 heteroatoms. The number of hydrogen-bond donors (Lipinski definition) is 2. The van der Waals surface area contributed by atoms with Crippen molar-refractivity contribution in [3.63, 3.8) is 0 Å². The summed E-state index contributed by atoms with van der Waals surface area (Å²) in [6.07, 6.45) is 0. The number of nitrogen functional groups attached to an aromatic ring is 1. The number of hydrogen-bond acceptors (Lipinski definition) is 5. The second-order valence-electron chi connectivity index (χ2n) is 2.61. The lowest BCUT2D eigenvalue weighted by Crippen LogP contribution is -2.17. The van der Waals surface area contributed by atoms with E-state index in [9.17, 15) is 4.79 Å². The quantitative estimate of drug-likeness (QED) is 0.635. The van der Waals surface area contributed by atoms with Crippen LogP contribution in [0.3, 0.4) is 0 Å². The van der Waals surface area contributed by atoms with E-state index in [1.807, 2.05) is 0 Å². The predicted molar refractivity (Wildman–Crippen MR) is 59.9 cm³/mol. The maximum atomic E-state index is 10.9. The van der Waals surface area contributed by atoms with Crippen molar-refractivity contribution in [1.82, 2.24) is 4.98 Å². The fourth-order valence-corrected chi connectivity index (χ4v) is 1.37. The van der Waals surface area contributed by atoms with Crippen LogP contribution in [0.4, 0.5) is 5.82 Å². The fraction of sp³-hybridized carbons (Fsp3) is 0.125. The first-order valence-corrected chi connectivity index (χ1v) is 4.69. The molecule has 0 aliphatic rings. The summed E-state index contributed by atoms with van der Waals surface area (Å²) in [6, 6.07) is 1.29. The Morgan fingerprint density at radius 1 is 1.56 bits per heavy atom. The van der Waals surface area contributed by atoms with E-state index in [2.05, 4.69) is 15.0 Å². The Morgan fingerprint density at radius 3 is 2.69 bits per heavy atom. The minimum atomic E-state index is -1.34. The molecular weight excluding hydrogens is 257 g/mol. The number of carbonyl (C=O) groups is 1. The molecule has 1 rings (SSSR count). The molecule has 0 atom stereocenters. The van der Waals surface area contributed by atoms with Crippen LogP contribution < -0.4 is 5.73 Å². The van der Waals surface area contributed by atoms with Gasteiger partial charge in [-0.15, -0.1) is 0 Å². The molecule has 3 N–H and O–H groups in total. The van der Waals surface area contributed by atoms with Gasteiger partial charge >= 0.3 is 5.97 Å². The number of rotatable bonds is 3. The Morgan fingerprint density at radius 2 is 2.19 bits per heavy atom.